The number of piperidine rings is 1. The molecule has 3 saturated carbocycles. The van der Waals surface area contributed by atoms with E-state index in [2.05, 4.69) is 10.6 Å². The number of benzene rings is 1. The molecule has 5 aliphatic rings. The summed E-state index contributed by atoms with van der Waals surface area (Å²) >= 11 is 0. The third-order valence-corrected chi connectivity index (χ3v) is 7.41. The van der Waals surface area contributed by atoms with Gasteiger partial charge in [0, 0.05) is 37.2 Å². The van der Waals surface area contributed by atoms with Gasteiger partial charge in [-0.05, 0) is 55.1 Å². The van der Waals surface area contributed by atoms with Crippen molar-refractivity contribution in [2.24, 2.45) is 17.6 Å². The maximum absolute atomic E-state index is 13.2. The molecule has 29 heavy (non-hydrogen) atoms. The lowest BCUT2D eigenvalue weighted by Gasteiger charge is -2.46. The summed E-state index contributed by atoms with van der Waals surface area (Å²) in [5.41, 5.74) is 8.94. The maximum Gasteiger partial charge on any atom is 0.255 e. The van der Waals surface area contributed by atoms with Crippen LogP contribution in [0.25, 0.3) is 0 Å². The molecule has 7 heteroatoms. The normalized spacial score (nSPS) is 33.8. The van der Waals surface area contributed by atoms with E-state index in [0.29, 0.717) is 43.4 Å². The zero-order valence-corrected chi connectivity index (χ0v) is 16.5. The molecule has 4 fully saturated rings. The number of nitrogens with zero attached hydrogens (tertiary/aromatic N) is 1. The summed E-state index contributed by atoms with van der Waals surface area (Å²) in [5.74, 6) is 0.517. The minimum Gasteiger partial charge on any atom is -0.327 e. The third kappa shape index (κ3) is 3.26. The first kappa shape index (κ1) is 18.8. The summed E-state index contributed by atoms with van der Waals surface area (Å²) < 4.78 is 0. The van der Waals surface area contributed by atoms with Crippen molar-refractivity contribution in [2.45, 2.75) is 69.7 Å². The first-order valence-corrected chi connectivity index (χ1v) is 10.8. The van der Waals surface area contributed by atoms with Gasteiger partial charge in [-0.1, -0.05) is 18.2 Å². The lowest BCUT2D eigenvalue weighted by molar-refractivity contribution is -0.136. The summed E-state index contributed by atoms with van der Waals surface area (Å²) in [5, 5.41) is 6.06. The van der Waals surface area contributed by atoms with Crippen LogP contribution in [0, 0.1) is 11.8 Å². The minimum atomic E-state index is -0.566. The van der Waals surface area contributed by atoms with Crippen molar-refractivity contribution < 1.29 is 14.4 Å². The second-order valence-corrected chi connectivity index (χ2v) is 9.07. The number of hydrogen-bond acceptors (Lipinski definition) is 5. The molecule has 4 N–H and O–H groups in total. The molecule has 0 radical (unpaired) electrons. The van der Waals surface area contributed by atoms with Crippen LogP contribution in [0.4, 0.5) is 0 Å². The number of fused-ring (bicyclic) bond motifs is 4. The van der Waals surface area contributed by atoms with Crippen LogP contribution >= 0.6 is 0 Å². The molecule has 3 amide bonds. The van der Waals surface area contributed by atoms with Crippen molar-refractivity contribution in [3.05, 3.63) is 34.9 Å². The molecule has 0 spiro atoms. The Morgan fingerprint density at radius 3 is 2.66 bits per heavy atom. The van der Waals surface area contributed by atoms with E-state index < -0.39 is 6.04 Å². The minimum absolute atomic E-state index is 0.0981. The highest BCUT2D eigenvalue weighted by Gasteiger charge is 2.41. The van der Waals surface area contributed by atoms with E-state index in [1.165, 1.54) is 12.8 Å². The number of imide groups is 1. The molecular formula is C22H28N4O3. The van der Waals surface area contributed by atoms with Crippen molar-refractivity contribution in [3.63, 3.8) is 0 Å². The molecule has 2 bridgehead atoms. The Kier molecular flexibility index (Phi) is 4.67. The molecular weight excluding hydrogens is 368 g/mol. The fourth-order valence-corrected chi connectivity index (χ4v) is 5.81. The van der Waals surface area contributed by atoms with E-state index in [1.54, 1.807) is 4.90 Å². The topological polar surface area (TPSA) is 105 Å². The smallest absolute Gasteiger partial charge is 0.255 e. The predicted molar refractivity (Wildman–Crippen MR) is 107 cm³/mol. The molecule has 5 atom stereocenters. The van der Waals surface area contributed by atoms with Crippen LogP contribution in [-0.4, -0.2) is 40.7 Å². The van der Waals surface area contributed by atoms with E-state index >= 15 is 0 Å². The maximum atomic E-state index is 13.2. The number of nitrogens with one attached hydrogen (secondary N) is 2. The van der Waals surface area contributed by atoms with Crippen LogP contribution in [0.5, 0.6) is 0 Å². The molecule has 1 aromatic carbocycles. The lowest BCUT2D eigenvalue weighted by atomic mass is 9.65. The predicted octanol–water partition coefficient (Wildman–Crippen LogP) is 1.05. The standard InChI is InChI=1S/C22H28N4O3/c23-16-8-13-5-4-12(16)9-17(13)24-10-14-2-1-3-15-11-26(22(29)20(14)15)18-6-7-19(27)25-21(18)28/h1-3,12-13,16-18,24H,4-11,23H2,(H,25,27,28)/t12-,13-,16-,17-,18?/m1/s1. The van der Waals surface area contributed by atoms with E-state index in [-0.39, 0.29) is 24.1 Å². The molecule has 2 aliphatic heterocycles. The molecule has 6 rings (SSSR count). The number of amides is 3. The molecule has 3 aliphatic carbocycles. The summed E-state index contributed by atoms with van der Waals surface area (Å²) in [6.07, 6.45) is 5.37. The third-order valence-electron chi connectivity index (χ3n) is 7.41. The summed E-state index contributed by atoms with van der Waals surface area (Å²) in [4.78, 5) is 38.5. The largest absolute Gasteiger partial charge is 0.327 e. The van der Waals surface area contributed by atoms with Gasteiger partial charge in [-0.3, -0.25) is 19.7 Å². The van der Waals surface area contributed by atoms with Gasteiger partial charge < -0.3 is 16.0 Å². The van der Waals surface area contributed by atoms with Gasteiger partial charge in [-0.15, -0.1) is 0 Å². The lowest BCUT2D eigenvalue weighted by Crippen LogP contribution is -2.52. The second kappa shape index (κ2) is 7.22. The van der Waals surface area contributed by atoms with Crippen molar-refractivity contribution in [1.29, 1.82) is 0 Å². The Morgan fingerprint density at radius 2 is 1.93 bits per heavy atom. The zero-order valence-electron chi connectivity index (χ0n) is 16.5. The van der Waals surface area contributed by atoms with E-state index in [0.717, 1.165) is 29.5 Å². The molecule has 154 valence electrons. The van der Waals surface area contributed by atoms with E-state index in [1.807, 2.05) is 18.2 Å². The highest BCUT2D eigenvalue weighted by molar-refractivity contribution is 6.05. The SMILES string of the molecule is N[C@@H]1C[C@H]2CC[C@@H]1C[C@H]2NCc1cccc2c1C(=O)N(C1CCC(=O)NC1=O)C2. The van der Waals surface area contributed by atoms with Gasteiger partial charge in [0.25, 0.3) is 5.91 Å². The number of nitrogens with two attached hydrogens (primary N) is 1. The highest BCUT2D eigenvalue weighted by atomic mass is 16.2. The zero-order chi connectivity index (χ0) is 20.1. The fourth-order valence-electron chi connectivity index (χ4n) is 5.81. The fraction of sp³-hybridized carbons (Fsp3) is 0.591. The van der Waals surface area contributed by atoms with Crippen molar-refractivity contribution in [3.8, 4) is 0 Å². The molecule has 1 aromatic rings. The van der Waals surface area contributed by atoms with Crippen molar-refractivity contribution in [2.75, 3.05) is 0 Å². The van der Waals surface area contributed by atoms with E-state index in [9.17, 15) is 14.4 Å². The van der Waals surface area contributed by atoms with Crippen LogP contribution in [0.15, 0.2) is 18.2 Å². The van der Waals surface area contributed by atoms with Crippen LogP contribution in [-0.2, 0) is 22.7 Å². The number of carbonyl (C=O) groups is 3. The first-order chi connectivity index (χ1) is 14.0. The average molecular weight is 396 g/mol. The number of carbonyl (C=O) groups excluding carboxylic acids is 3. The molecule has 1 saturated heterocycles. The quantitative estimate of drug-likeness (QED) is 0.660. The molecule has 7 nitrogen and oxygen atoms in total. The summed E-state index contributed by atoms with van der Waals surface area (Å²) in [7, 11) is 0. The van der Waals surface area contributed by atoms with Crippen LogP contribution in [0.1, 0.15) is 60.0 Å². The summed E-state index contributed by atoms with van der Waals surface area (Å²) in [6, 6.07) is 6.20. The molecule has 2 heterocycles. The van der Waals surface area contributed by atoms with E-state index in [4.69, 9.17) is 5.73 Å². The van der Waals surface area contributed by atoms with Gasteiger partial charge in [0.15, 0.2) is 0 Å². The van der Waals surface area contributed by atoms with Crippen LogP contribution < -0.4 is 16.4 Å². The molecule has 0 aromatic heterocycles. The summed E-state index contributed by atoms with van der Waals surface area (Å²) in [6.45, 7) is 1.08. The Morgan fingerprint density at radius 1 is 1.10 bits per heavy atom. The monoisotopic (exact) mass is 396 g/mol. The van der Waals surface area contributed by atoms with Gasteiger partial charge in [0.05, 0.1) is 0 Å². The molecule has 1 unspecified atom stereocenters. The van der Waals surface area contributed by atoms with Crippen molar-refractivity contribution in [1.82, 2.24) is 15.5 Å². The van der Waals surface area contributed by atoms with Gasteiger partial charge in [0.1, 0.15) is 6.04 Å². The van der Waals surface area contributed by atoms with Gasteiger partial charge in [-0.25, -0.2) is 0 Å². The van der Waals surface area contributed by atoms with Crippen LogP contribution in [0.3, 0.4) is 0 Å². The first-order valence-electron chi connectivity index (χ1n) is 10.8. The Hall–Kier alpha value is -2.25. The number of hydrogen-bond donors (Lipinski definition) is 3. The van der Waals surface area contributed by atoms with Gasteiger partial charge in [0.2, 0.25) is 11.8 Å². The Labute approximate surface area is 170 Å². The second-order valence-electron chi connectivity index (χ2n) is 9.07. The number of rotatable bonds is 4. The van der Waals surface area contributed by atoms with Crippen LogP contribution in [0.2, 0.25) is 0 Å². The Balaban J connectivity index is 1.30. The average Bonchev–Trinajstić information content (AvgIpc) is 3.04. The highest BCUT2D eigenvalue weighted by Crippen LogP contribution is 2.41. The Bertz CT molecular complexity index is 870. The van der Waals surface area contributed by atoms with Gasteiger partial charge in [-0.2, -0.15) is 0 Å². The van der Waals surface area contributed by atoms with Crippen molar-refractivity contribution >= 4 is 17.7 Å². The van der Waals surface area contributed by atoms with Gasteiger partial charge >= 0.3 is 0 Å².